The van der Waals surface area contributed by atoms with Crippen LogP contribution >= 0.6 is 0 Å². The fourth-order valence-corrected chi connectivity index (χ4v) is 4.19. The first-order chi connectivity index (χ1) is 10.0. The van der Waals surface area contributed by atoms with Gasteiger partial charge in [-0.3, -0.25) is 0 Å². The lowest BCUT2D eigenvalue weighted by molar-refractivity contribution is 0.392. The van der Waals surface area contributed by atoms with Gasteiger partial charge in [0.25, 0.3) is 0 Å². The summed E-state index contributed by atoms with van der Waals surface area (Å²) in [7, 11) is -3.44. The van der Waals surface area contributed by atoms with Gasteiger partial charge in [-0.05, 0) is 43.4 Å². The van der Waals surface area contributed by atoms with Crippen LogP contribution < -0.4 is 0 Å². The topological polar surface area (TPSA) is 60.2 Å². The van der Waals surface area contributed by atoms with E-state index in [2.05, 4.69) is 25.9 Å². The molecule has 0 saturated heterocycles. The summed E-state index contributed by atoms with van der Waals surface area (Å²) in [6.45, 7) is 11.5. The summed E-state index contributed by atoms with van der Waals surface area (Å²) < 4.78 is 30.7. The standard InChI is InChI=1S/C17H23NO3S/c1-11-7-8-14(17(4,5)6)9-16(11)22(19,20)10-15-12(2)18-21-13(15)3/h7-9H,10H2,1-6H3. The number of benzene rings is 1. The van der Waals surface area contributed by atoms with Gasteiger partial charge in [-0.25, -0.2) is 8.42 Å². The van der Waals surface area contributed by atoms with E-state index in [4.69, 9.17) is 4.52 Å². The monoisotopic (exact) mass is 321 g/mol. The van der Waals surface area contributed by atoms with E-state index in [1.165, 1.54) is 0 Å². The van der Waals surface area contributed by atoms with Crippen molar-refractivity contribution in [2.75, 3.05) is 0 Å². The van der Waals surface area contributed by atoms with Gasteiger partial charge in [0.15, 0.2) is 9.84 Å². The smallest absolute Gasteiger partial charge is 0.182 e. The normalized spacial score (nSPS) is 12.6. The van der Waals surface area contributed by atoms with E-state index in [-0.39, 0.29) is 11.2 Å². The highest BCUT2D eigenvalue weighted by atomic mass is 32.2. The minimum Gasteiger partial charge on any atom is -0.361 e. The van der Waals surface area contributed by atoms with Crippen LogP contribution in [0.4, 0.5) is 0 Å². The van der Waals surface area contributed by atoms with Crippen LogP contribution in [0.1, 0.15) is 48.9 Å². The van der Waals surface area contributed by atoms with Gasteiger partial charge < -0.3 is 4.52 Å². The molecule has 0 aliphatic carbocycles. The Morgan fingerprint density at radius 3 is 2.27 bits per heavy atom. The SMILES string of the molecule is Cc1ccc(C(C)(C)C)cc1S(=O)(=O)Cc1c(C)noc1C. The first-order valence-corrected chi connectivity index (χ1v) is 8.93. The van der Waals surface area contributed by atoms with Gasteiger partial charge in [0, 0.05) is 5.56 Å². The van der Waals surface area contributed by atoms with Crippen molar-refractivity contribution in [2.45, 2.75) is 57.6 Å². The number of sulfone groups is 1. The lowest BCUT2D eigenvalue weighted by Crippen LogP contribution is -2.14. The second-order valence-electron chi connectivity index (χ2n) is 6.79. The lowest BCUT2D eigenvalue weighted by Gasteiger charge is -2.20. The second kappa shape index (κ2) is 5.54. The molecule has 0 bridgehead atoms. The Morgan fingerprint density at radius 1 is 1.14 bits per heavy atom. The number of rotatable bonds is 3. The molecule has 0 spiro atoms. The van der Waals surface area contributed by atoms with Crippen molar-refractivity contribution in [3.8, 4) is 0 Å². The van der Waals surface area contributed by atoms with Gasteiger partial charge >= 0.3 is 0 Å². The Morgan fingerprint density at radius 2 is 1.77 bits per heavy atom. The first kappa shape index (κ1) is 16.7. The van der Waals surface area contributed by atoms with Gasteiger partial charge in [-0.2, -0.15) is 0 Å². The van der Waals surface area contributed by atoms with Crippen molar-refractivity contribution in [1.82, 2.24) is 5.16 Å². The van der Waals surface area contributed by atoms with Crippen molar-refractivity contribution in [3.05, 3.63) is 46.3 Å². The summed E-state index contributed by atoms with van der Waals surface area (Å²) in [4.78, 5) is 0.389. The van der Waals surface area contributed by atoms with E-state index >= 15 is 0 Å². The van der Waals surface area contributed by atoms with Gasteiger partial charge in [-0.15, -0.1) is 0 Å². The van der Waals surface area contributed by atoms with Crippen molar-refractivity contribution in [1.29, 1.82) is 0 Å². The van der Waals surface area contributed by atoms with Crippen LogP contribution in [0.2, 0.25) is 0 Å². The summed E-state index contributed by atoms with van der Waals surface area (Å²) in [6, 6.07) is 5.66. The molecule has 0 amide bonds. The zero-order valence-corrected chi connectivity index (χ0v) is 14.8. The molecule has 5 heteroatoms. The number of hydrogen-bond donors (Lipinski definition) is 0. The van der Waals surface area contributed by atoms with Crippen LogP contribution in [0.5, 0.6) is 0 Å². The van der Waals surface area contributed by atoms with Crippen molar-refractivity contribution in [3.63, 3.8) is 0 Å². The van der Waals surface area contributed by atoms with E-state index in [1.807, 2.05) is 19.1 Å². The van der Waals surface area contributed by atoms with Gasteiger partial charge in [0.2, 0.25) is 0 Å². The molecule has 2 rings (SSSR count). The Hall–Kier alpha value is -1.62. The number of aryl methyl sites for hydroxylation is 3. The van der Waals surface area contributed by atoms with E-state index in [9.17, 15) is 8.42 Å². The largest absolute Gasteiger partial charge is 0.361 e. The van der Waals surface area contributed by atoms with Crippen LogP contribution in [0, 0.1) is 20.8 Å². The molecule has 120 valence electrons. The molecule has 0 aliphatic rings. The van der Waals surface area contributed by atoms with Gasteiger partial charge in [0.05, 0.1) is 16.3 Å². The third-order valence-electron chi connectivity index (χ3n) is 3.90. The minimum absolute atomic E-state index is 0.0808. The quantitative estimate of drug-likeness (QED) is 0.861. The van der Waals surface area contributed by atoms with Gasteiger partial charge in [-0.1, -0.05) is 38.1 Å². The molecule has 0 saturated carbocycles. The molecule has 0 aliphatic heterocycles. The lowest BCUT2D eigenvalue weighted by atomic mass is 9.87. The van der Waals surface area contributed by atoms with Crippen molar-refractivity contribution >= 4 is 9.84 Å². The van der Waals surface area contributed by atoms with E-state index in [0.29, 0.717) is 21.9 Å². The molecule has 0 atom stereocenters. The van der Waals surface area contributed by atoms with Crippen molar-refractivity contribution in [2.24, 2.45) is 0 Å². The van der Waals surface area contributed by atoms with E-state index < -0.39 is 9.84 Å². The maximum absolute atomic E-state index is 12.8. The van der Waals surface area contributed by atoms with Gasteiger partial charge in [0.1, 0.15) is 5.76 Å². The zero-order chi connectivity index (χ0) is 16.7. The molecule has 0 fully saturated rings. The third kappa shape index (κ3) is 3.24. The molecule has 1 aromatic heterocycles. The average Bonchev–Trinajstić information content (AvgIpc) is 2.69. The molecule has 1 aromatic carbocycles. The van der Waals surface area contributed by atoms with Crippen LogP contribution in [0.15, 0.2) is 27.6 Å². The summed E-state index contributed by atoms with van der Waals surface area (Å²) in [5.41, 5.74) is 2.96. The van der Waals surface area contributed by atoms with Crippen LogP contribution in [0.25, 0.3) is 0 Å². The maximum atomic E-state index is 12.8. The molecular formula is C17H23NO3S. The fraction of sp³-hybridized carbons (Fsp3) is 0.471. The summed E-state index contributed by atoms with van der Waals surface area (Å²) in [6.07, 6.45) is 0. The number of nitrogens with zero attached hydrogens (tertiary/aromatic N) is 1. The highest BCUT2D eigenvalue weighted by Gasteiger charge is 2.24. The Kier molecular flexibility index (Phi) is 4.22. The molecule has 4 nitrogen and oxygen atoms in total. The van der Waals surface area contributed by atoms with Crippen LogP contribution in [-0.2, 0) is 21.0 Å². The zero-order valence-electron chi connectivity index (χ0n) is 14.0. The predicted molar refractivity (Wildman–Crippen MR) is 86.7 cm³/mol. The Bertz CT molecular complexity index is 776. The maximum Gasteiger partial charge on any atom is 0.182 e. The molecule has 1 heterocycles. The number of aromatic nitrogens is 1. The molecule has 0 unspecified atom stereocenters. The second-order valence-corrected chi connectivity index (χ2v) is 8.75. The van der Waals surface area contributed by atoms with E-state index in [0.717, 1.165) is 11.1 Å². The summed E-state index contributed by atoms with van der Waals surface area (Å²) in [5, 5.41) is 3.83. The van der Waals surface area contributed by atoms with Crippen LogP contribution in [0.3, 0.4) is 0 Å². The van der Waals surface area contributed by atoms with Crippen LogP contribution in [-0.4, -0.2) is 13.6 Å². The highest BCUT2D eigenvalue weighted by molar-refractivity contribution is 7.90. The summed E-state index contributed by atoms with van der Waals surface area (Å²) in [5.74, 6) is 0.480. The average molecular weight is 321 g/mol. The van der Waals surface area contributed by atoms with E-state index in [1.54, 1.807) is 19.9 Å². The summed E-state index contributed by atoms with van der Waals surface area (Å²) >= 11 is 0. The highest BCUT2D eigenvalue weighted by Crippen LogP contribution is 2.29. The third-order valence-corrected chi connectivity index (χ3v) is 5.68. The predicted octanol–water partition coefficient (Wildman–Crippen LogP) is 3.87. The first-order valence-electron chi connectivity index (χ1n) is 7.28. The molecule has 0 radical (unpaired) electrons. The molecule has 0 N–H and O–H groups in total. The molecular weight excluding hydrogens is 298 g/mol. The Balaban J connectivity index is 2.50. The molecule has 22 heavy (non-hydrogen) atoms. The minimum atomic E-state index is -3.44. The fourth-order valence-electron chi connectivity index (χ4n) is 2.38. The number of hydrogen-bond acceptors (Lipinski definition) is 4. The molecule has 2 aromatic rings. The Labute approximate surface area is 132 Å². The van der Waals surface area contributed by atoms with Crippen molar-refractivity contribution < 1.29 is 12.9 Å².